The first-order valence-corrected chi connectivity index (χ1v) is 8.51. The smallest absolute Gasteiger partial charge is 0.221 e. The van der Waals surface area contributed by atoms with E-state index in [1.807, 2.05) is 24.3 Å². The van der Waals surface area contributed by atoms with Gasteiger partial charge in [0.2, 0.25) is 5.52 Å². The van der Waals surface area contributed by atoms with Crippen LogP contribution in [0.2, 0.25) is 0 Å². The third-order valence-corrected chi connectivity index (χ3v) is 5.38. The van der Waals surface area contributed by atoms with Gasteiger partial charge in [0.05, 0.1) is 30.4 Å². The van der Waals surface area contributed by atoms with Gasteiger partial charge in [0, 0.05) is 17.2 Å². The van der Waals surface area contributed by atoms with E-state index in [0.717, 1.165) is 51.3 Å². The molecule has 0 radical (unpaired) electrons. The van der Waals surface area contributed by atoms with Gasteiger partial charge in [-0.05, 0) is 35.9 Å². The minimum Gasteiger partial charge on any atom is -0.504 e. The fraction of sp³-hybridized carbons (Fsp3) is 0.190. The molecule has 0 saturated heterocycles. The van der Waals surface area contributed by atoms with Crippen molar-refractivity contribution < 1.29 is 24.3 Å². The van der Waals surface area contributed by atoms with Crippen molar-refractivity contribution >= 4 is 32.4 Å². The summed E-state index contributed by atoms with van der Waals surface area (Å²) in [5.74, 6) is 1.29. The van der Waals surface area contributed by atoms with Crippen molar-refractivity contribution in [1.29, 1.82) is 0 Å². The van der Waals surface area contributed by atoms with E-state index in [2.05, 4.69) is 10.8 Å². The summed E-state index contributed by atoms with van der Waals surface area (Å²) in [6.07, 6.45) is 2.88. The van der Waals surface area contributed by atoms with Crippen molar-refractivity contribution in [2.75, 3.05) is 14.2 Å². The Balaban J connectivity index is 2.03. The summed E-state index contributed by atoms with van der Waals surface area (Å²) >= 11 is 0. The highest BCUT2D eigenvalue weighted by molar-refractivity contribution is 6.17. The van der Waals surface area contributed by atoms with Gasteiger partial charge in [0.25, 0.3) is 0 Å². The summed E-state index contributed by atoms with van der Waals surface area (Å²) in [6, 6.07) is 9.50. The molecule has 0 spiro atoms. The van der Waals surface area contributed by atoms with E-state index < -0.39 is 0 Å². The molecule has 0 amide bonds. The second kappa shape index (κ2) is 5.14. The number of nitrogens with zero attached hydrogens (tertiary/aromatic N) is 1. The van der Waals surface area contributed by atoms with Crippen LogP contribution in [-0.4, -0.2) is 24.4 Å². The number of aryl methyl sites for hydroxylation is 2. The van der Waals surface area contributed by atoms with Crippen molar-refractivity contribution in [2.24, 2.45) is 0 Å². The summed E-state index contributed by atoms with van der Waals surface area (Å²) in [4.78, 5) is 0. The SMILES string of the molecule is COc1ccc2c(c[n+]3c4c2ccc2c(O)c(O)cc(c24)CC3)c1OC. The zero-order valence-corrected chi connectivity index (χ0v) is 14.5. The lowest BCUT2D eigenvalue weighted by Crippen LogP contribution is -2.38. The van der Waals surface area contributed by atoms with Gasteiger partial charge >= 0.3 is 0 Å². The number of aromatic hydroxyl groups is 2. The molecule has 1 aliphatic rings. The molecule has 5 heteroatoms. The van der Waals surface area contributed by atoms with E-state index in [-0.39, 0.29) is 11.5 Å². The van der Waals surface area contributed by atoms with Crippen LogP contribution in [0.3, 0.4) is 0 Å². The molecule has 0 unspecified atom stereocenters. The van der Waals surface area contributed by atoms with Crippen LogP contribution >= 0.6 is 0 Å². The Labute approximate surface area is 149 Å². The summed E-state index contributed by atoms with van der Waals surface area (Å²) in [5.41, 5.74) is 2.12. The molecule has 1 aliphatic heterocycles. The molecule has 5 nitrogen and oxygen atoms in total. The number of fused-ring (bicyclic) bond motifs is 2. The number of phenols is 2. The summed E-state index contributed by atoms with van der Waals surface area (Å²) in [5, 5.41) is 25.2. The van der Waals surface area contributed by atoms with Gasteiger partial charge in [-0.15, -0.1) is 0 Å². The second-order valence-corrected chi connectivity index (χ2v) is 6.62. The third-order valence-electron chi connectivity index (χ3n) is 5.38. The zero-order valence-electron chi connectivity index (χ0n) is 14.5. The van der Waals surface area contributed by atoms with Gasteiger partial charge < -0.3 is 19.7 Å². The van der Waals surface area contributed by atoms with Gasteiger partial charge in [-0.1, -0.05) is 0 Å². The maximum Gasteiger partial charge on any atom is 0.221 e. The van der Waals surface area contributed by atoms with E-state index in [4.69, 9.17) is 9.47 Å². The molecule has 2 N–H and O–H groups in total. The summed E-state index contributed by atoms with van der Waals surface area (Å²) in [6.45, 7) is 0.795. The van der Waals surface area contributed by atoms with Crippen molar-refractivity contribution in [2.45, 2.75) is 13.0 Å². The van der Waals surface area contributed by atoms with Crippen LogP contribution in [0.5, 0.6) is 23.0 Å². The lowest BCUT2D eigenvalue weighted by molar-refractivity contribution is -0.670. The summed E-state index contributed by atoms with van der Waals surface area (Å²) < 4.78 is 13.3. The zero-order chi connectivity index (χ0) is 18.0. The minimum absolute atomic E-state index is 0.0625. The standard InChI is InChI=1S/C21H17NO4/c1-25-17-6-5-12-13-3-4-14-18-11(9-16(23)20(14)24)7-8-22(19(13)18)10-15(12)21(17)26-2/h3-6,9-10,24H,7-8H2,1-2H3/p+1. The van der Waals surface area contributed by atoms with Crippen LogP contribution in [0.4, 0.5) is 0 Å². The van der Waals surface area contributed by atoms with E-state index in [9.17, 15) is 10.2 Å². The highest BCUT2D eigenvalue weighted by Crippen LogP contribution is 2.43. The highest BCUT2D eigenvalue weighted by atomic mass is 16.5. The van der Waals surface area contributed by atoms with Crippen LogP contribution in [0, 0.1) is 0 Å². The molecule has 0 aliphatic carbocycles. The molecule has 5 rings (SSSR count). The molecule has 26 heavy (non-hydrogen) atoms. The molecule has 1 aromatic heterocycles. The lowest BCUT2D eigenvalue weighted by atomic mass is 9.93. The van der Waals surface area contributed by atoms with Crippen molar-refractivity contribution in [3.63, 3.8) is 0 Å². The molecule has 4 aromatic rings. The number of rotatable bonds is 2. The van der Waals surface area contributed by atoms with Crippen LogP contribution in [-0.2, 0) is 13.0 Å². The number of phenolic OH excluding ortho intramolecular Hbond substituents is 2. The van der Waals surface area contributed by atoms with Crippen molar-refractivity contribution in [3.05, 3.63) is 42.1 Å². The monoisotopic (exact) mass is 348 g/mol. The fourth-order valence-electron chi connectivity index (χ4n) is 4.22. The van der Waals surface area contributed by atoms with Gasteiger partial charge in [0.1, 0.15) is 0 Å². The molecule has 2 heterocycles. The number of benzene rings is 3. The first-order chi connectivity index (χ1) is 12.6. The van der Waals surface area contributed by atoms with Crippen LogP contribution < -0.4 is 14.0 Å². The summed E-state index contributed by atoms with van der Waals surface area (Å²) in [7, 11) is 3.29. The van der Waals surface area contributed by atoms with E-state index in [1.54, 1.807) is 20.3 Å². The minimum atomic E-state index is -0.0634. The molecule has 0 fully saturated rings. The van der Waals surface area contributed by atoms with Crippen LogP contribution in [0.1, 0.15) is 5.56 Å². The molecule has 3 aromatic carbocycles. The molecule has 130 valence electrons. The molecule has 0 bridgehead atoms. The molecular formula is C21H18NO4+. The first kappa shape index (κ1) is 15.1. The van der Waals surface area contributed by atoms with Gasteiger partial charge in [0.15, 0.2) is 35.7 Å². The van der Waals surface area contributed by atoms with Gasteiger partial charge in [-0.3, -0.25) is 0 Å². The average Bonchev–Trinajstić information content (AvgIpc) is 2.67. The number of aromatic nitrogens is 1. The predicted molar refractivity (Wildman–Crippen MR) is 99.3 cm³/mol. The fourth-order valence-corrected chi connectivity index (χ4v) is 4.22. The van der Waals surface area contributed by atoms with Crippen LogP contribution in [0.15, 0.2) is 36.5 Å². The maximum absolute atomic E-state index is 10.3. The largest absolute Gasteiger partial charge is 0.504 e. The Morgan fingerprint density at radius 3 is 2.46 bits per heavy atom. The molecule has 0 atom stereocenters. The Hall–Kier alpha value is -3.21. The number of hydrogen-bond donors (Lipinski definition) is 2. The van der Waals surface area contributed by atoms with E-state index in [1.165, 1.54) is 0 Å². The van der Waals surface area contributed by atoms with Gasteiger partial charge in [-0.25, -0.2) is 0 Å². The number of methoxy groups -OCH3 is 2. The number of pyridine rings is 1. The van der Waals surface area contributed by atoms with E-state index in [0.29, 0.717) is 11.1 Å². The quantitative estimate of drug-likeness (QED) is 0.331. The highest BCUT2D eigenvalue weighted by Gasteiger charge is 2.27. The normalized spacial score (nSPS) is 13.0. The maximum atomic E-state index is 10.3. The number of hydrogen-bond acceptors (Lipinski definition) is 4. The predicted octanol–water partition coefficient (Wildman–Crippen LogP) is 3.42. The first-order valence-electron chi connectivity index (χ1n) is 8.51. The number of ether oxygens (including phenoxy) is 2. The van der Waals surface area contributed by atoms with Crippen molar-refractivity contribution in [1.82, 2.24) is 0 Å². The van der Waals surface area contributed by atoms with E-state index >= 15 is 0 Å². The Morgan fingerprint density at radius 2 is 1.69 bits per heavy atom. The second-order valence-electron chi connectivity index (χ2n) is 6.62. The average molecular weight is 348 g/mol. The molecular weight excluding hydrogens is 330 g/mol. The Kier molecular flexibility index (Phi) is 2.98. The third kappa shape index (κ3) is 1.77. The molecule has 0 saturated carbocycles. The Bertz CT molecular complexity index is 1230. The van der Waals surface area contributed by atoms with Crippen LogP contribution in [0.25, 0.3) is 32.4 Å². The lowest BCUT2D eigenvalue weighted by Gasteiger charge is -2.18. The topological polar surface area (TPSA) is 62.8 Å². The Morgan fingerprint density at radius 1 is 0.923 bits per heavy atom. The van der Waals surface area contributed by atoms with Crippen molar-refractivity contribution in [3.8, 4) is 23.0 Å². The van der Waals surface area contributed by atoms with Gasteiger partial charge in [-0.2, -0.15) is 4.57 Å².